The Morgan fingerprint density at radius 2 is 1.91 bits per heavy atom. The third-order valence-corrected chi connectivity index (χ3v) is 9.55. The largest absolute Gasteiger partial charge is 0.457 e. The van der Waals surface area contributed by atoms with Gasteiger partial charge >= 0.3 is 6.03 Å². The molecule has 2 aromatic heterocycles. The zero-order valence-corrected chi connectivity index (χ0v) is 26.1. The molecule has 0 bridgehead atoms. The van der Waals surface area contributed by atoms with Gasteiger partial charge in [0.25, 0.3) is 11.8 Å². The lowest BCUT2D eigenvalue weighted by Gasteiger charge is -2.31. The number of benzene rings is 2. The Balaban J connectivity index is 1.20. The summed E-state index contributed by atoms with van der Waals surface area (Å²) in [5, 5.41) is 16.2. The van der Waals surface area contributed by atoms with Gasteiger partial charge in [0.05, 0.1) is 22.4 Å². The minimum Gasteiger partial charge on any atom is -0.457 e. The summed E-state index contributed by atoms with van der Waals surface area (Å²) in [7, 11) is 0. The molecule has 2 N–H and O–H groups in total. The molecule has 2 aliphatic heterocycles. The molecule has 0 atom stereocenters. The quantitative estimate of drug-likeness (QED) is 0.161. The fourth-order valence-corrected chi connectivity index (χ4v) is 6.90. The standard InChI is InChI=1S/C35H30N6O4S/c1-20-26(11-6-12-28(20)45-24-8-4-3-5-9-24)41-27-15-16-37-33-29(27)30(39-35(41)44)31(46-33)32(42)38-25-10-7-17-40(21(25)2)34(43)23(19-36)18-22-13-14-22/h3-6,8-9,11-12,15-16,18,22H,7,10,13-14,17H2,1-2H3,(H,38,42)(H,39,44)/b23-18+. The molecule has 1 fully saturated rings. The Kier molecular flexibility index (Phi) is 7.50. The van der Waals surface area contributed by atoms with Crippen molar-refractivity contribution in [2.75, 3.05) is 16.8 Å². The number of carbonyl (C=O) groups is 3. The number of aromatic nitrogens is 1. The van der Waals surface area contributed by atoms with E-state index in [2.05, 4.69) is 21.7 Å². The van der Waals surface area contributed by atoms with Crippen LogP contribution in [0.25, 0.3) is 10.2 Å². The number of nitriles is 1. The smallest absolute Gasteiger partial charge is 0.331 e. The first-order valence-electron chi connectivity index (χ1n) is 15.1. The number of pyridine rings is 1. The SMILES string of the molecule is CC1=C(NC(=O)c2sc3nccc4c3c2NC(=O)N4c2cccc(Oc3ccccc3)c2C)CCCN1C(=O)/C(C#N)=C/C1CC1. The van der Waals surface area contributed by atoms with Crippen molar-refractivity contribution in [3.8, 4) is 17.6 Å². The first-order valence-corrected chi connectivity index (χ1v) is 16.0. The van der Waals surface area contributed by atoms with Crippen LogP contribution in [0.15, 0.2) is 83.8 Å². The maximum absolute atomic E-state index is 13.8. The van der Waals surface area contributed by atoms with Gasteiger partial charge in [-0.05, 0) is 75.8 Å². The molecule has 4 amide bonds. The van der Waals surface area contributed by atoms with Gasteiger partial charge in [-0.25, -0.2) is 9.78 Å². The van der Waals surface area contributed by atoms with Gasteiger partial charge in [-0.2, -0.15) is 5.26 Å². The van der Waals surface area contributed by atoms with Gasteiger partial charge < -0.3 is 20.3 Å². The number of anilines is 3. The molecule has 0 unspecified atom stereocenters. The van der Waals surface area contributed by atoms with Gasteiger partial charge in [-0.1, -0.05) is 30.3 Å². The van der Waals surface area contributed by atoms with E-state index in [0.717, 1.165) is 18.4 Å². The van der Waals surface area contributed by atoms with Crippen molar-refractivity contribution in [3.05, 3.63) is 94.3 Å². The van der Waals surface area contributed by atoms with Gasteiger partial charge in [0.2, 0.25) is 0 Å². The Morgan fingerprint density at radius 3 is 2.67 bits per heavy atom. The van der Waals surface area contributed by atoms with Crippen LogP contribution in [0.2, 0.25) is 0 Å². The molecule has 0 saturated heterocycles. The van der Waals surface area contributed by atoms with Crippen molar-refractivity contribution in [3.63, 3.8) is 0 Å². The first-order chi connectivity index (χ1) is 22.3. The Labute approximate surface area is 269 Å². The lowest BCUT2D eigenvalue weighted by molar-refractivity contribution is -0.125. The van der Waals surface area contributed by atoms with Crippen LogP contribution >= 0.6 is 11.3 Å². The third-order valence-electron chi connectivity index (χ3n) is 8.45. The number of hydrogen-bond donors (Lipinski definition) is 2. The van der Waals surface area contributed by atoms with Crippen LogP contribution in [0.3, 0.4) is 0 Å². The number of para-hydroxylation sites is 1. The van der Waals surface area contributed by atoms with E-state index in [0.29, 0.717) is 74.4 Å². The van der Waals surface area contributed by atoms with E-state index in [-0.39, 0.29) is 17.4 Å². The highest BCUT2D eigenvalue weighted by molar-refractivity contribution is 7.21. The van der Waals surface area contributed by atoms with Crippen LogP contribution in [0.1, 0.15) is 47.8 Å². The lowest BCUT2D eigenvalue weighted by atomic mass is 10.1. The van der Waals surface area contributed by atoms with Crippen molar-refractivity contribution in [2.24, 2.45) is 5.92 Å². The number of nitrogens with one attached hydrogen (secondary N) is 2. The molecule has 4 heterocycles. The van der Waals surface area contributed by atoms with Crippen LogP contribution < -0.4 is 20.3 Å². The summed E-state index contributed by atoms with van der Waals surface area (Å²) in [6.45, 7) is 4.15. The van der Waals surface area contributed by atoms with E-state index in [1.165, 1.54) is 11.3 Å². The first kappa shape index (κ1) is 29.3. The summed E-state index contributed by atoms with van der Waals surface area (Å²) in [4.78, 5) is 49.4. The summed E-state index contributed by atoms with van der Waals surface area (Å²) in [6.07, 6.45) is 6.58. The Bertz CT molecular complexity index is 2020. The van der Waals surface area contributed by atoms with Crippen LogP contribution in [0.4, 0.5) is 21.9 Å². The number of allylic oxidation sites excluding steroid dienone is 3. The highest BCUT2D eigenvalue weighted by Gasteiger charge is 2.35. The van der Waals surface area contributed by atoms with Gasteiger partial charge in [0, 0.05) is 29.7 Å². The molecule has 4 aromatic rings. The molecule has 230 valence electrons. The van der Waals surface area contributed by atoms with Gasteiger partial charge in [0.15, 0.2) is 0 Å². The predicted octanol–water partition coefficient (Wildman–Crippen LogP) is 7.52. The van der Waals surface area contributed by atoms with Crippen molar-refractivity contribution in [1.82, 2.24) is 15.2 Å². The number of rotatable bonds is 7. The second kappa shape index (κ2) is 11.8. The molecule has 1 saturated carbocycles. The summed E-state index contributed by atoms with van der Waals surface area (Å²) in [5.74, 6) is 0.849. The summed E-state index contributed by atoms with van der Waals surface area (Å²) < 4.78 is 6.13. The topological polar surface area (TPSA) is 128 Å². The average Bonchev–Trinajstić information content (AvgIpc) is 3.81. The molecule has 3 aliphatic rings. The summed E-state index contributed by atoms with van der Waals surface area (Å²) in [5.41, 5.74) is 3.78. The van der Waals surface area contributed by atoms with Crippen LogP contribution in [-0.2, 0) is 4.79 Å². The molecule has 2 aromatic carbocycles. The second-order valence-corrected chi connectivity index (χ2v) is 12.5. The maximum atomic E-state index is 13.8. The summed E-state index contributed by atoms with van der Waals surface area (Å²) >= 11 is 1.19. The molecule has 46 heavy (non-hydrogen) atoms. The number of ether oxygens (including phenoxy) is 1. The van der Waals surface area contributed by atoms with Crippen molar-refractivity contribution >= 4 is 56.5 Å². The second-order valence-electron chi connectivity index (χ2n) is 11.5. The zero-order chi connectivity index (χ0) is 31.9. The number of carbonyl (C=O) groups excluding carboxylic acids is 3. The van der Waals surface area contributed by atoms with Crippen molar-refractivity contribution < 1.29 is 19.1 Å². The minimum atomic E-state index is -0.413. The highest BCUT2D eigenvalue weighted by Crippen LogP contribution is 2.47. The van der Waals surface area contributed by atoms with Crippen LogP contribution in [0, 0.1) is 24.2 Å². The average molecular weight is 631 g/mol. The van der Waals surface area contributed by atoms with E-state index in [1.54, 1.807) is 35.1 Å². The van der Waals surface area contributed by atoms with Crippen LogP contribution in [-0.4, -0.2) is 34.3 Å². The monoisotopic (exact) mass is 630 g/mol. The minimum absolute atomic E-state index is 0.140. The molecular formula is C35H30N6O4S. The van der Waals surface area contributed by atoms with E-state index in [1.807, 2.05) is 55.5 Å². The molecule has 11 heteroatoms. The number of hydrogen-bond acceptors (Lipinski definition) is 7. The van der Waals surface area contributed by atoms with E-state index >= 15 is 0 Å². The molecule has 1 aliphatic carbocycles. The highest BCUT2D eigenvalue weighted by atomic mass is 32.1. The molecule has 0 spiro atoms. The Hall–Kier alpha value is -5.47. The zero-order valence-electron chi connectivity index (χ0n) is 25.3. The molecule has 10 nitrogen and oxygen atoms in total. The normalized spacial score (nSPS) is 16.3. The number of nitrogens with zero attached hydrogens (tertiary/aromatic N) is 4. The fraction of sp³-hybridized carbons (Fsp3) is 0.229. The number of amides is 4. The summed E-state index contributed by atoms with van der Waals surface area (Å²) in [6, 6.07) is 18.4. The fourth-order valence-electron chi connectivity index (χ4n) is 5.88. The van der Waals surface area contributed by atoms with Crippen molar-refractivity contribution in [2.45, 2.75) is 39.5 Å². The van der Waals surface area contributed by atoms with E-state index in [9.17, 15) is 19.6 Å². The lowest BCUT2D eigenvalue weighted by Crippen LogP contribution is -2.38. The molecular weight excluding hydrogens is 600 g/mol. The molecule has 0 radical (unpaired) electrons. The van der Waals surface area contributed by atoms with E-state index < -0.39 is 11.9 Å². The van der Waals surface area contributed by atoms with E-state index in [4.69, 9.17) is 4.74 Å². The Morgan fingerprint density at radius 1 is 1.11 bits per heavy atom. The number of thiophene rings is 1. The van der Waals surface area contributed by atoms with Crippen molar-refractivity contribution in [1.29, 1.82) is 5.26 Å². The van der Waals surface area contributed by atoms with Crippen LogP contribution in [0.5, 0.6) is 11.5 Å². The van der Waals surface area contributed by atoms with Gasteiger partial charge in [-0.15, -0.1) is 11.3 Å². The number of urea groups is 1. The maximum Gasteiger partial charge on any atom is 0.331 e. The molecule has 7 rings (SSSR count). The van der Waals surface area contributed by atoms with Gasteiger partial charge in [-0.3, -0.25) is 14.5 Å². The third kappa shape index (κ3) is 5.26. The van der Waals surface area contributed by atoms with Gasteiger partial charge in [0.1, 0.15) is 32.8 Å². The predicted molar refractivity (Wildman–Crippen MR) is 176 cm³/mol.